The molecule has 1 amide bonds. The number of nitrogens with one attached hydrogen (secondary N) is 1. The summed E-state index contributed by atoms with van der Waals surface area (Å²) in [7, 11) is -1.01. The van der Waals surface area contributed by atoms with E-state index in [-0.39, 0.29) is 11.4 Å². The average molecular weight is 448 g/mol. The zero-order valence-corrected chi connectivity index (χ0v) is 16.7. The van der Waals surface area contributed by atoms with E-state index in [1.54, 1.807) is 30.3 Å². The monoisotopic (exact) mass is 446 g/mol. The molecule has 2 aromatic carbocycles. The van der Waals surface area contributed by atoms with E-state index in [4.69, 9.17) is 16.3 Å². The number of benzene rings is 2. The smallest absolute Gasteiger partial charge is 0.244 e. The van der Waals surface area contributed by atoms with Crippen molar-refractivity contribution in [2.75, 3.05) is 26.0 Å². The Hall–Kier alpha value is -1.61. The van der Waals surface area contributed by atoms with E-state index in [0.29, 0.717) is 20.9 Å². The zero-order chi connectivity index (χ0) is 18.6. The summed E-state index contributed by atoms with van der Waals surface area (Å²) >= 11 is 9.12. The number of methoxy groups -OCH3 is 1. The highest BCUT2D eigenvalue weighted by Gasteiger charge is 2.25. The first kappa shape index (κ1) is 19.7. The van der Waals surface area contributed by atoms with Crippen molar-refractivity contribution < 1.29 is 17.9 Å². The van der Waals surface area contributed by atoms with Crippen molar-refractivity contribution in [2.45, 2.75) is 4.90 Å². The molecule has 0 radical (unpaired) electrons. The molecule has 1 N–H and O–H groups in total. The van der Waals surface area contributed by atoms with Gasteiger partial charge in [-0.05, 0) is 46.3 Å². The fourth-order valence-corrected chi connectivity index (χ4v) is 4.34. The molecule has 0 aromatic heterocycles. The number of rotatable bonds is 6. The molecule has 0 saturated carbocycles. The van der Waals surface area contributed by atoms with Gasteiger partial charge < -0.3 is 10.1 Å². The third-order valence-electron chi connectivity index (χ3n) is 3.33. The number of carbonyl (C=O) groups excluding carboxylic acids is 1. The number of amides is 1. The van der Waals surface area contributed by atoms with Crippen LogP contribution in [-0.2, 0) is 14.8 Å². The van der Waals surface area contributed by atoms with Crippen molar-refractivity contribution in [1.29, 1.82) is 0 Å². The Balaban J connectivity index is 2.15. The highest BCUT2D eigenvalue weighted by atomic mass is 79.9. The highest BCUT2D eigenvalue weighted by molar-refractivity contribution is 9.10. The lowest BCUT2D eigenvalue weighted by Crippen LogP contribution is -2.35. The number of halogens is 2. The van der Waals surface area contributed by atoms with Crippen LogP contribution in [0.4, 0.5) is 5.69 Å². The molecule has 0 aliphatic carbocycles. The Morgan fingerprint density at radius 2 is 1.96 bits per heavy atom. The summed E-state index contributed by atoms with van der Waals surface area (Å²) in [5.74, 6) is -0.0900. The summed E-state index contributed by atoms with van der Waals surface area (Å²) < 4.78 is 31.7. The standard InChI is InChI=1S/C16H16BrClN2O4S/c1-20(25(22,23)15-6-4-3-5-12(15)17)10-16(21)19-13-9-11(18)7-8-14(13)24-2/h3-9H,10H2,1-2H3,(H,19,21). The van der Waals surface area contributed by atoms with Crippen molar-refractivity contribution in [3.8, 4) is 5.75 Å². The van der Waals surface area contributed by atoms with Crippen LogP contribution in [0.3, 0.4) is 0 Å². The summed E-state index contributed by atoms with van der Waals surface area (Å²) in [5, 5.41) is 3.03. The maximum Gasteiger partial charge on any atom is 0.244 e. The van der Waals surface area contributed by atoms with Crippen molar-refractivity contribution >= 4 is 49.1 Å². The quantitative estimate of drug-likeness (QED) is 0.737. The lowest BCUT2D eigenvalue weighted by atomic mass is 10.3. The predicted octanol–water partition coefficient (Wildman–Crippen LogP) is 3.37. The number of hydrogen-bond donors (Lipinski definition) is 1. The lowest BCUT2D eigenvalue weighted by Gasteiger charge is -2.18. The molecule has 0 aliphatic heterocycles. The second-order valence-corrected chi connectivity index (χ2v) is 8.39. The Morgan fingerprint density at radius 1 is 1.28 bits per heavy atom. The molecule has 0 bridgehead atoms. The zero-order valence-electron chi connectivity index (χ0n) is 13.5. The van der Waals surface area contributed by atoms with Gasteiger partial charge in [0.2, 0.25) is 15.9 Å². The van der Waals surface area contributed by atoms with E-state index >= 15 is 0 Å². The molecule has 9 heteroatoms. The topological polar surface area (TPSA) is 75.7 Å². The second kappa shape index (κ2) is 8.18. The van der Waals surface area contributed by atoms with Crippen LogP contribution in [0.15, 0.2) is 51.8 Å². The van der Waals surface area contributed by atoms with Crippen LogP contribution in [0, 0.1) is 0 Å². The van der Waals surface area contributed by atoms with Gasteiger partial charge in [-0.2, -0.15) is 4.31 Å². The minimum atomic E-state index is -3.81. The minimum Gasteiger partial charge on any atom is -0.495 e. The largest absolute Gasteiger partial charge is 0.495 e. The van der Waals surface area contributed by atoms with E-state index in [1.165, 1.54) is 26.3 Å². The fourth-order valence-electron chi connectivity index (χ4n) is 2.08. The molecule has 0 aliphatic rings. The van der Waals surface area contributed by atoms with Crippen LogP contribution in [0.1, 0.15) is 0 Å². The van der Waals surface area contributed by atoms with E-state index in [9.17, 15) is 13.2 Å². The Bertz CT molecular complexity index is 889. The summed E-state index contributed by atoms with van der Waals surface area (Å²) in [6, 6.07) is 11.2. The van der Waals surface area contributed by atoms with Crippen LogP contribution >= 0.6 is 27.5 Å². The summed E-state index contributed by atoms with van der Waals surface area (Å²) in [5.41, 5.74) is 0.367. The van der Waals surface area contributed by atoms with Crippen molar-refractivity contribution in [3.05, 3.63) is 52.0 Å². The van der Waals surface area contributed by atoms with Gasteiger partial charge in [-0.25, -0.2) is 8.42 Å². The SMILES string of the molecule is COc1ccc(Cl)cc1NC(=O)CN(C)S(=O)(=O)c1ccccc1Br. The molecular formula is C16H16BrClN2O4S. The molecule has 2 aromatic rings. The molecule has 0 heterocycles. The van der Waals surface area contributed by atoms with Crippen LogP contribution < -0.4 is 10.1 Å². The second-order valence-electron chi connectivity index (χ2n) is 5.08. The molecule has 0 atom stereocenters. The van der Waals surface area contributed by atoms with Gasteiger partial charge in [0.1, 0.15) is 5.75 Å². The van der Waals surface area contributed by atoms with Crippen molar-refractivity contribution in [2.24, 2.45) is 0 Å². The van der Waals surface area contributed by atoms with Gasteiger partial charge in [-0.15, -0.1) is 0 Å². The van der Waals surface area contributed by atoms with Gasteiger partial charge in [0.25, 0.3) is 0 Å². The lowest BCUT2D eigenvalue weighted by molar-refractivity contribution is -0.116. The van der Waals surface area contributed by atoms with Crippen LogP contribution in [0.2, 0.25) is 5.02 Å². The van der Waals surface area contributed by atoms with Gasteiger partial charge >= 0.3 is 0 Å². The third-order valence-corrected chi connectivity index (χ3v) is 6.38. The molecule has 25 heavy (non-hydrogen) atoms. The van der Waals surface area contributed by atoms with E-state index in [0.717, 1.165) is 4.31 Å². The molecule has 0 spiro atoms. The van der Waals surface area contributed by atoms with Crippen LogP contribution in [-0.4, -0.2) is 39.3 Å². The Labute approximate surface area is 159 Å². The van der Waals surface area contributed by atoms with Gasteiger partial charge in [0, 0.05) is 16.5 Å². The number of sulfonamides is 1. The minimum absolute atomic E-state index is 0.0886. The van der Waals surface area contributed by atoms with E-state index in [1.807, 2.05) is 0 Å². The number of hydrogen-bond acceptors (Lipinski definition) is 4. The van der Waals surface area contributed by atoms with Crippen LogP contribution in [0.5, 0.6) is 5.75 Å². The van der Waals surface area contributed by atoms with Gasteiger partial charge in [0.05, 0.1) is 24.2 Å². The van der Waals surface area contributed by atoms with Crippen molar-refractivity contribution in [3.63, 3.8) is 0 Å². The summed E-state index contributed by atoms with van der Waals surface area (Å²) in [6.45, 7) is -0.362. The Kier molecular flexibility index (Phi) is 6.45. The number of anilines is 1. The number of ether oxygens (including phenoxy) is 1. The fraction of sp³-hybridized carbons (Fsp3) is 0.188. The molecule has 6 nitrogen and oxygen atoms in total. The molecular weight excluding hydrogens is 432 g/mol. The average Bonchev–Trinajstić information content (AvgIpc) is 2.55. The normalized spacial score (nSPS) is 11.4. The third kappa shape index (κ3) is 4.72. The molecule has 0 unspecified atom stereocenters. The molecule has 0 saturated heterocycles. The molecule has 0 fully saturated rings. The highest BCUT2D eigenvalue weighted by Crippen LogP contribution is 2.28. The summed E-state index contributed by atoms with van der Waals surface area (Å²) in [6.07, 6.45) is 0. The van der Waals surface area contributed by atoms with Gasteiger partial charge in [-0.1, -0.05) is 23.7 Å². The number of nitrogens with zero attached hydrogens (tertiary/aromatic N) is 1. The number of carbonyl (C=O) groups is 1. The molecule has 2 rings (SSSR count). The Morgan fingerprint density at radius 3 is 2.60 bits per heavy atom. The first-order valence-corrected chi connectivity index (χ1v) is 9.71. The van der Waals surface area contributed by atoms with Gasteiger partial charge in [-0.3, -0.25) is 4.79 Å². The van der Waals surface area contributed by atoms with Crippen molar-refractivity contribution in [1.82, 2.24) is 4.31 Å². The van der Waals surface area contributed by atoms with Gasteiger partial charge in [0.15, 0.2) is 0 Å². The van der Waals surface area contributed by atoms with E-state index in [2.05, 4.69) is 21.2 Å². The van der Waals surface area contributed by atoms with Crippen LogP contribution in [0.25, 0.3) is 0 Å². The number of likely N-dealkylation sites (N-methyl/N-ethyl adjacent to an activating group) is 1. The van der Waals surface area contributed by atoms with E-state index < -0.39 is 15.9 Å². The predicted molar refractivity (Wildman–Crippen MR) is 101 cm³/mol. The maximum absolute atomic E-state index is 12.6. The first-order chi connectivity index (χ1) is 11.8. The molecule has 134 valence electrons. The summed E-state index contributed by atoms with van der Waals surface area (Å²) in [4.78, 5) is 12.3. The first-order valence-electron chi connectivity index (χ1n) is 7.10. The maximum atomic E-state index is 12.6.